The molecule has 0 saturated carbocycles. The quantitative estimate of drug-likeness (QED) is 0.771. The average Bonchev–Trinajstić information content (AvgIpc) is 3.11. The van der Waals surface area contributed by atoms with Crippen molar-refractivity contribution in [2.45, 2.75) is 39.8 Å². The van der Waals surface area contributed by atoms with E-state index in [1.165, 1.54) is 0 Å². The van der Waals surface area contributed by atoms with E-state index >= 15 is 0 Å². The van der Waals surface area contributed by atoms with Crippen molar-refractivity contribution in [3.05, 3.63) is 41.3 Å². The van der Waals surface area contributed by atoms with E-state index in [9.17, 15) is 0 Å². The first-order chi connectivity index (χ1) is 11.0. The molecule has 3 aromatic rings. The van der Waals surface area contributed by atoms with Crippen molar-refractivity contribution in [2.24, 2.45) is 0 Å². The lowest BCUT2D eigenvalue weighted by Gasteiger charge is -2.16. The first-order valence-corrected chi connectivity index (χ1v) is 7.62. The zero-order chi connectivity index (χ0) is 16.6. The molecule has 3 rings (SSSR count). The van der Waals surface area contributed by atoms with Gasteiger partial charge in [0.1, 0.15) is 17.1 Å². The molecule has 0 radical (unpaired) electrons. The number of benzene rings is 1. The van der Waals surface area contributed by atoms with Crippen LogP contribution in [0.4, 0.5) is 0 Å². The van der Waals surface area contributed by atoms with E-state index in [0.29, 0.717) is 11.8 Å². The second-order valence-electron chi connectivity index (χ2n) is 5.72. The SMILES string of the molecule is COc1ccc2oc([C@@H](C)N[C@H](C)c3nnc(C)o3)c(C)c2c1. The van der Waals surface area contributed by atoms with Gasteiger partial charge in [-0.3, -0.25) is 5.32 Å². The van der Waals surface area contributed by atoms with Gasteiger partial charge in [0, 0.05) is 17.9 Å². The minimum atomic E-state index is -0.0617. The summed E-state index contributed by atoms with van der Waals surface area (Å²) in [6.45, 7) is 7.88. The third-order valence-corrected chi connectivity index (χ3v) is 3.99. The molecule has 0 amide bonds. The Bertz CT molecular complexity index is 822. The van der Waals surface area contributed by atoms with Gasteiger partial charge in [-0.05, 0) is 39.0 Å². The summed E-state index contributed by atoms with van der Waals surface area (Å²) in [6, 6.07) is 5.78. The number of nitrogens with one attached hydrogen (secondary N) is 1. The molecule has 6 heteroatoms. The molecular formula is C17H21N3O3. The Morgan fingerprint density at radius 3 is 2.52 bits per heavy atom. The van der Waals surface area contributed by atoms with Gasteiger partial charge in [-0.15, -0.1) is 10.2 Å². The fraction of sp³-hybridized carbons (Fsp3) is 0.412. The monoisotopic (exact) mass is 315 g/mol. The predicted octanol–water partition coefficient (Wildman–Crippen LogP) is 3.85. The fourth-order valence-electron chi connectivity index (χ4n) is 2.77. The number of rotatable bonds is 5. The number of hydrogen-bond acceptors (Lipinski definition) is 6. The van der Waals surface area contributed by atoms with Gasteiger partial charge in [0.2, 0.25) is 11.8 Å². The lowest BCUT2D eigenvalue weighted by Crippen LogP contribution is -2.22. The molecule has 2 atom stereocenters. The van der Waals surface area contributed by atoms with E-state index in [1.807, 2.05) is 25.1 Å². The van der Waals surface area contributed by atoms with Crippen molar-refractivity contribution < 1.29 is 13.6 Å². The predicted molar refractivity (Wildman–Crippen MR) is 86.5 cm³/mol. The summed E-state index contributed by atoms with van der Waals surface area (Å²) in [5.41, 5.74) is 1.96. The van der Waals surface area contributed by atoms with Crippen LogP contribution in [0.1, 0.15) is 49.0 Å². The van der Waals surface area contributed by atoms with Gasteiger partial charge in [-0.2, -0.15) is 0 Å². The summed E-state index contributed by atoms with van der Waals surface area (Å²) in [5.74, 6) is 2.86. The van der Waals surface area contributed by atoms with Crippen LogP contribution in [-0.4, -0.2) is 17.3 Å². The number of hydrogen-bond donors (Lipinski definition) is 1. The van der Waals surface area contributed by atoms with E-state index in [4.69, 9.17) is 13.6 Å². The molecule has 0 saturated heterocycles. The average molecular weight is 315 g/mol. The number of nitrogens with zero attached hydrogens (tertiary/aromatic N) is 2. The zero-order valence-electron chi connectivity index (χ0n) is 14.0. The molecule has 0 aliphatic rings. The van der Waals surface area contributed by atoms with Crippen molar-refractivity contribution in [1.29, 1.82) is 0 Å². The summed E-state index contributed by atoms with van der Waals surface area (Å²) in [7, 11) is 1.66. The maximum absolute atomic E-state index is 6.02. The second kappa shape index (κ2) is 6.04. The van der Waals surface area contributed by atoms with Gasteiger partial charge >= 0.3 is 0 Å². The van der Waals surface area contributed by atoms with E-state index < -0.39 is 0 Å². The van der Waals surface area contributed by atoms with Crippen molar-refractivity contribution in [2.75, 3.05) is 7.11 Å². The van der Waals surface area contributed by atoms with Gasteiger partial charge in [0.25, 0.3) is 0 Å². The van der Waals surface area contributed by atoms with Crippen LogP contribution in [0.25, 0.3) is 11.0 Å². The Labute approximate surface area is 134 Å². The zero-order valence-corrected chi connectivity index (χ0v) is 14.0. The second-order valence-corrected chi connectivity index (χ2v) is 5.72. The molecule has 0 aliphatic carbocycles. The van der Waals surface area contributed by atoms with Gasteiger partial charge in [0.15, 0.2) is 0 Å². The summed E-state index contributed by atoms with van der Waals surface area (Å²) in [4.78, 5) is 0. The third-order valence-electron chi connectivity index (χ3n) is 3.99. The van der Waals surface area contributed by atoms with Crippen molar-refractivity contribution in [3.63, 3.8) is 0 Å². The van der Waals surface area contributed by atoms with E-state index in [-0.39, 0.29) is 12.1 Å². The maximum atomic E-state index is 6.02. The summed E-state index contributed by atoms with van der Waals surface area (Å²) in [6.07, 6.45) is 0. The smallest absolute Gasteiger partial charge is 0.233 e. The van der Waals surface area contributed by atoms with E-state index in [2.05, 4.69) is 29.4 Å². The minimum absolute atomic E-state index is 0.00982. The van der Waals surface area contributed by atoms with Gasteiger partial charge < -0.3 is 13.6 Å². The van der Waals surface area contributed by atoms with Crippen LogP contribution in [0.2, 0.25) is 0 Å². The first kappa shape index (κ1) is 15.6. The molecule has 0 aliphatic heterocycles. The Kier molecular flexibility index (Phi) is 4.09. The molecule has 2 aromatic heterocycles. The number of furan rings is 1. The number of aromatic nitrogens is 2. The third kappa shape index (κ3) is 2.94. The Morgan fingerprint density at radius 2 is 1.87 bits per heavy atom. The number of fused-ring (bicyclic) bond motifs is 1. The van der Waals surface area contributed by atoms with Gasteiger partial charge in [-0.25, -0.2) is 0 Å². The van der Waals surface area contributed by atoms with Crippen LogP contribution in [0, 0.1) is 13.8 Å². The van der Waals surface area contributed by atoms with Crippen molar-refractivity contribution in [1.82, 2.24) is 15.5 Å². The number of aryl methyl sites for hydroxylation is 2. The first-order valence-electron chi connectivity index (χ1n) is 7.62. The molecule has 0 fully saturated rings. The molecule has 23 heavy (non-hydrogen) atoms. The molecule has 1 aromatic carbocycles. The highest BCUT2D eigenvalue weighted by Gasteiger charge is 2.21. The van der Waals surface area contributed by atoms with Gasteiger partial charge in [0.05, 0.1) is 19.2 Å². The normalized spacial score (nSPS) is 14.1. The topological polar surface area (TPSA) is 73.3 Å². The number of methoxy groups -OCH3 is 1. The summed E-state index contributed by atoms with van der Waals surface area (Å²) >= 11 is 0. The standard InChI is InChI=1S/C17H21N3O3/c1-9-14-8-13(21-5)6-7-15(14)23-16(9)10(2)18-11(3)17-20-19-12(4)22-17/h6-8,10-11,18H,1-5H3/t10-,11-/m1/s1. The van der Waals surface area contributed by atoms with Crippen LogP contribution in [0.15, 0.2) is 27.0 Å². The Hall–Kier alpha value is -2.34. The lowest BCUT2D eigenvalue weighted by molar-refractivity contribution is 0.356. The minimum Gasteiger partial charge on any atom is -0.497 e. The fourth-order valence-corrected chi connectivity index (χ4v) is 2.77. The van der Waals surface area contributed by atoms with Crippen LogP contribution in [-0.2, 0) is 0 Å². The Morgan fingerprint density at radius 1 is 1.09 bits per heavy atom. The highest BCUT2D eigenvalue weighted by molar-refractivity contribution is 5.83. The van der Waals surface area contributed by atoms with Crippen LogP contribution in [0.5, 0.6) is 5.75 Å². The molecular weight excluding hydrogens is 294 g/mol. The molecule has 0 bridgehead atoms. The highest BCUT2D eigenvalue weighted by atomic mass is 16.5. The molecule has 1 N–H and O–H groups in total. The van der Waals surface area contributed by atoms with Crippen molar-refractivity contribution >= 4 is 11.0 Å². The largest absolute Gasteiger partial charge is 0.497 e. The van der Waals surface area contributed by atoms with Crippen LogP contribution >= 0.6 is 0 Å². The molecule has 6 nitrogen and oxygen atoms in total. The van der Waals surface area contributed by atoms with E-state index in [1.54, 1.807) is 14.0 Å². The van der Waals surface area contributed by atoms with Gasteiger partial charge in [-0.1, -0.05) is 0 Å². The summed E-state index contributed by atoms with van der Waals surface area (Å²) in [5, 5.41) is 12.4. The summed E-state index contributed by atoms with van der Waals surface area (Å²) < 4.78 is 16.8. The maximum Gasteiger partial charge on any atom is 0.233 e. The van der Waals surface area contributed by atoms with E-state index in [0.717, 1.165) is 28.0 Å². The Balaban J connectivity index is 1.85. The number of ether oxygens (including phenoxy) is 1. The molecule has 0 spiro atoms. The van der Waals surface area contributed by atoms with Crippen molar-refractivity contribution in [3.8, 4) is 5.75 Å². The lowest BCUT2D eigenvalue weighted by atomic mass is 10.1. The van der Waals surface area contributed by atoms with Crippen LogP contribution < -0.4 is 10.1 Å². The molecule has 2 heterocycles. The van der Waals surface area contributed by atoms with Crippen LogP contribution in [0.3, 0.4) is 0 Å². The molecule has 122 valence electrons. The molecule has 0 unspecified atom stereocenters. The highest BCUT2D eigenvalue weighted by Crippen LogP contribution is 2.32.